The average Bonchev–Trinajstić information content (AvgIpc) is 2.85. The Labute approximate surface area is 107 Å². The summed E-state index contributed by atoms with van der Waals surface area (Å²) in [4.78, 5) is 16.4. The Morgan fingerprint density at radius 2 is 2.33 bits per heavy atom. The van der Waals surface area contributed by atoms with Gasteiger partial charge in [-0.25, -0.2) is 0 Å². The van der Waals surface area contributed by atoms with Gasteiger partial charge >= 0.3 is 0 Å². The van der Waals surface area contributed by atoms with Crippen LogP contribution in [0, 0.1) is 6.92 Å². The fourth-order valence-corrected chi connectivity index (χ4v) is 1.94. The fourth-order valence-electron chi connectivity index (χ4n) is 1.94. The van der Waals surface area contributed by atoms with E-state index in [0.717, 1.165) is 16.9 Å². The normalized spacial score (nSPS) is 17.9. The molecule has 0 aromatic carbocycles. The van der Waals surface area contributed by atoms with Gasteiger partial charge in [-0.1, -0.05) is 13.8 Å². The highest BCUT2D eigenvalue weighted by molar-refractivity contribution is 5.95. The minimum atomic E-state index is -0.412. The van der Waals surface area contributed by atoms with Crippen LogP contribution in [0.25, 0.3) is 0 Å². The Balaban J connectivity index is 2.20. The lowest BCUT2D eigenvalue weighted by Crippen LogP contribution is -2.28. The van der Waals surface area contributed by atoms with E-state index in [1.165, 1.54) is 0 Å². The molecule has 4 nitrogen and oxygen atoms in total. The molecule has 0 aliphatic carbocycles. The Kier molecular flexibility index (Phi) is 3.65. The van der Waals surface area contributed by atoms with E-state index in [2.05, 4.69) is 24.1 Å². The molecule has 1 unspecified atom stereocenters. The van der Waals surface area contributed by atoms with Gasteiger partial charge < -0.3 is 10.1 Å². The summed E-state index contributed by atoms with van der Waals surface area (Å²) in [6, 6.07) is 1.90. The zero-order valence-electron chi connectivity index (χ0n) is 10.9. The van der Waals surface area contributed by atoms with Crippen LogP contribution >= 0.6 is 0 Å². The summed E-state index contributed by atoms with van der Waals surface area (Å²) in [7, 11) is 0. The van der Waals surface area contributed by atoms with Crippen LogP contribution < -0.4 is 5.32 Å². The molecule has 0 saturated carbocycles. The molecular weight excluding hydrogens is 228 g/mol. The highest BCUT2D eigenvalue weighted by atomic mass is 16.5. The van der Waals surface area contributed by atoms with E-state index < -0.39 is 6.10 Å². The lowest BCUT2D eigenvalue weighted by molar-refractivity contribution is -0.123. The summed E-state index contributed by atoms with van der Waals surface area (Å²) >= 11 is 0. The third-order valence-corrected chi connectivity index (χ3v) is 2.97. The van der Waals surface area contributed by atoms with E-state index in [1.54, 1.807) is 12.5 Å². The largest absolute Gasteiger partial charge is 0.488 e. The highest BCUT2D eigenvalue weighted by Crippen LogP contribution is 2.25. The van der Waals surface area contributed by atoms with Gasteiger partial charge in [0.1, 0.15) is 0 Å². The Morgan fingerprint density at radius 1 is 1.56 bits per heavy atom. The van der Waals surface area contributed by atoms with Gasteiger partial charge in [0.25, 0.3) is 5.91 Å². The van der Waals surface area contributed by atoms with Crippen molar-refractivity contribution in [1.29, 1.82) is 0 Å². The van der Waals surface area contributed by atoms with Crippen LogP contribution in [0.15, 0.2) is 24.6 Å². The number of nitrogens with one attached hydrogen (secondary N) is 1. The maximum absolute atomic E-state index is 12.0. The second kappa shape index (κ2) is 5.21. The number of hydrogen-bond acceptors (Lipinski definition) is 3. The van der Waals surface area contributed by atoms with Gasteiger partial charge in [0, 0.05) is 12.6 Å². The predicted octanol–water partition coefficient (Wildman–Crippen LogP) is 2.75. The number of ether oxygens (including phenoxy) is 1. The maximum atomic E-state index is 12.0. The molecule has 1 aliphatic heterocycles. The number of rotatable bonds is 3. The van der Waals surface area contributed by atoms with Crippen molar-refractivity contribution in [3.05, 3.63) is 35.9 Å². The summed E-state index contributed by atoms with van der Waals surface area (Å²) in [5.74, 6) is 0.154. The first-order valence-electron chi connectivity index (χ1n) is 6.16. The molecule has 96 valence electrons. The summed E-state index contributed by atoms with van der Waals surface area (Å²) in [5, 5.41) is 2.94. The van der Waals surface area contributed by atoms with E-state index >= 15 is 0 Å². The molecule has 1 atom stereocenters. The van der Waals surface area contributed by atoms with Crippen LogP contribution in [0.5, 0.6) is 0 Å². The van der Waals surface area contributed by atoms with Crippen LogP contribution in [0.3, 0.4) is 0 Å². The molecule has 0 radical (unpaired) electrons. The van der Waals surface area contributed by atoms with Gasteiger partial charge in [-0.15, -0.1) is 0 Å². The number of amides is 1. The van der Waals surface area contributed by atoms with Gasteiger partial charge in [-0.05, 0) is 30.5 Å². The molecule has 1 aliphatic rings. The van der Waals surface area contributed by atoms with Crippen molar-refractivity contribution in [1.82, 2.24) is 4.98 Å². The molecule has 18 heavy (non-hydrogen) atoms. The van der Waals surface area contributed by atoms with Gasteiger partial charge in [0.05, 0.1) is 17.6 Å². The van der Waals surface area contributed by atoms with Gasteiger partial charge in [-0.2, -0.15) is 0 Å². The standard InChI is InChI=1S/C14H18N2O2/c1-9(2)12-13(10(3)6-7-15-12)16-14(17)11-5-4-8-18-11/h4,6-9,11H,5H2,1-3H3,(H,16,17). The predicted molar refractivity (Wildman–Crippen MR) is 70.3 cm³/mol. The molecule has 1 aromatic rings. The number of anilines is 1. The number of nitrogens with zero attached hydrogens (tertiary/aromatic N) is 1. The zero-order chi connectivity index (χ0) is 13.1. The molecule has 4 heteroatoms. The summed E-state index contributed by atoms with van der Waals surface area (Å²) < 4.78 is 5.21. The topological polar surface area (TPSA) is 51.2 Å². The highest BCUT2D eigenvalue weighted by Gasteiger charge is 2.23. The molecule has 1 N–H and O–H groups in total. The van der Waals surface area contributed by atoms with Gasteiger partial charge in [0.15, 0.2) is 6.10 Å². The molecule has 0 spiro atoms. The van der Waals surface area contributed by atoms with E-state index in [9.17, 15) is 4.79 Å². The number of pyridine rings is 1. The molecule has 2 rings (SSSR count). The van der Waals surface area contributed by atoms with Gasteiger partial charge in [0.2, 0.25) is 0 Å². The molecule has 0 bridgehead atoms. The first-order chi connectivity index (χ1) is 8.59. The van der Waals surface area contributed by atoms with Crippen LogP contribution in [0.1, 0.15) is 37.4 Å². The van der Waals surface area contributed by atoms with Crippen molar-refractivity contribution >= 4 is 11.6 Å². The molecule has 1 aromatic heterocycles. The SMILES string of the molecule is Cc1ccnc(C(C)C)c1NC(=O)C1CC=CO1. The lowest BCUT2D eigenvalue weighted by Gasteiger charge is -2.17. The van der Waals surface area contributed by atoms with Crippen molar-refractivity contribution < 1.29 is 9.53 Å². The van der Waals surface area contributed by atoms with Crippen LogP contribution in [0.2, 0.25) is 0 Å². The number of carbonyl (C=O) groups excluding carboxylic acids is 1. The molecular formula is C14H18N2O2. The minimum Gasteiger partial charge on any atom is -0.488 e. The third kappa shape index (κ3) is 2.53. The minimum absolute atomic E-state index is 0.113. The average molecular weight is 246 g/mol. The number of aryl methyl sites for hydroxylation is 1. The third-order valence-electron chi connectivity index (χ3n) is 2.97. The monoisotopic (exact) mass is 246 g/mol. The first-order valence-corrected chi connectivity index (χ1v) is 6.16. The maximum Gasteiger partial charge on any atom is 0.265 e. The Hall–Kier alpha value is -1.84. The molecule has 2 heterocycles. The molecule has 0 fully saturated rings. The number of hydrogen-bond donors (Lipinski definition) is 1. The van der Waals surface area contributed by atoms with Gasteiger partial charge in [-0.3, -0.25) is 9.78 Å². The summed E-state index contributed by atoms with van der Waals surface area (Å²) in [6.45, 7) is 6.09. The quantitative estimate of drug-likeness (QED) is 0.892. The van der Waals surface area contributed by atoms with Crippen LogP contribution in [0.4, 0.5) is 5.69 Å². The number of aromatic nitrogens is 1. The Morgan fingerprint density at radius 3 is 2.94 bits per heavy atom. The summed E-state index contributed by atoms with van der Waals surface area (Å²) in [5.41, 5.74) is 2.75. The van der Waals surface area contributed by atoms with Crippen molar-refractivity contribution in [3.8, 4) is 0 Å². The van der Waals surface area contributed by atoms with Crippen molar-refractivity contribution in [2.45, 2.75) is 39.2 Å². The second-order valence-corrected chi connectivity index (χ2v) is 4.76. The second-order valence-electron chi connectivity index (χ2n) is 4.76. The van der Waals surface area contributed by atoms with Crippen molar-refractivity contribution in [2.24, 2.45) is 0 Å². The van der Waals surface area contributed by atoms with E-state index in [4.69, 9.17) is 4.74 Å². The van der Waals surface area contributed by atoms with E-state index in [0.29, 0.717) is 6.42 Å². The summed E-state index contributed by atoms with van der Waals surface area (Å²) in [6.07, 6.45) is 5.41. The van der Waals surface area contributed by atoms with Crippen LogP contribution in [-0.2, 0) is 9.53 Å². The molecule has 0 saturated heterocycles. The fraction of sp³-hybridized carbons (Fsp3) is 0.429. The first kappa shape index (κ1) is 12.6. The zero-order valence-corrected chi connectivity index (χ0v) is 10.9. The van der Waals surface area contributed by atoms with E-state index in [-0.39, 0.29) is 11.8 Å². The Bertz CT molecular complexity index is 473. The number of carbonyl (C=O) groups is 1. The van der Waals surface area contributed by atoms with Crippen molar-refractivity contribution in [2.75, 3.05) is 5.32 Å². The van der Waals surface area contributed by atoms with Crippen LogP contribution in [-0.4, -0.2) is 17.0 Å². The lowest BCUT2D eigenvalue weighted by atomic mass is 10.0. The van der Waals surface area contributed by atoms with E-state index in [1.807, 2.05) is 19.1 Å². The van der Waals surface area contributed by atoms with Crippen molar-refractivity contribution in [3.63, 3.8) is 0 Å². The smallest absolute Gasteiger partial charge is 0.265 e. The molecule has 1 amide bonds.